The fraction of sp³-hybridized carbons (Fsp3) is 0.100. The van der Waals surface area contributed by atoms with Gasteiger partial charge in [-0.3, -0.25) is 0 Å². The van der Waals surface area contributed by atoms with Gasteiger partial charge in [0.25, 0.3) is 0 Å². The Bertz CT molecular complexity index is 641. The molecule has 8 heteroatoms. The highest BCUT2D eigenvalue weighted by atomic mass is 32.2. The molecule has 2 rings (SSSR count). The first kappa shape index (κ1) is 12.9. The molecular weight excluding hydrogens is 277 g/mol. The van der Waals surface area contributed by atoms with Crippen LogP contribution < -0.4 is 10.5 Å². The smallest absolute Gasteiger partial charge is 0.243 e. The Morgan fingerprint density at radius 1 is 1.44 bits per heavy atom. The Morgan fingerprint density at radius 3 is 2.83 bits per heavy atom. The van der Waals surface area contributed by atoms with Crippen molar-refractivity contribution in [2.24, 2.45) is 0 Å². The molecule has 3 N–H and O–H groups in total. The molecule has 0 saturated heterocycles. The average molecular weight is 287 g/mol. The van der Waals surface area contributed by atoms with Crippen molar-refractivity contribution in [2.75, 3.05) is 5.73 Å². The molecule has 0 radical (unpaired) electrons. The Balaban J connectivity index is 2.20. The van der Waals surface area contributed by atoms with E-state index >= 15 is 0 Å². The van der Waals surface area contributed by atoms with Gasteiger partial charge in [-0.2, -0.15) is 0 Å². The molecule has 0 aliphatic carbocycles. The summed E-state index contributed by atoms with van der Waals surface area (Å²) in [7, 11) is -3.90. The van der Waals surface area contributed by atoms with Crippen LogP contribution in [0.2, 0.25) is 0 Å². The van der Waals surface area contributed by atoms with E-state index in [-0.39, 0.29) is 12.2 Å². The van der Waals surface area contributed by atoms with E-state index in [1.807, 2.05) is 0 Å². The molecule has 1 aromatic carbocycles. The van der Waals surface area contributed by atoms with Crippen LogP contribution in [0.5, 0.6) is 0 Å². The zero-order valence-electron chi connectivity index (χ0n) is 9.13. The van der Waals surface area contributed by atoms with Gasteiger partial charge in [0, 0.05) is 11.1 Å². The summed E-state index contributed by atoms with van der Waals surface area (Å²) in [5.41, 5.74) is 7.70. The molecule has 18 heavy (non-hydrogen) atoms. The fourth-order valence-electron chi connectivity index (χ4n) is 1.31. The van der Waals surface area contributed by atoms with Crippen LogP contribution in [0.3, 0.4) is 0 Å². The minimum atomic E-state index is -3.90. The summed E-state index contributed by atoms with van der Waals surface area (Å²) >= 11 is 1.35. The molecule has 0 atom stereocenters. The molecule has 96 valence electrons. The van der Waals surface area contributed by atoms with Crippen molar-refractivity contribution < 1.29 is 12.8 Å². The molecule has 5 nitrogen and oxygen atoms in total. The Hall–Kier alpha value is -1.51. The van der Waals surface area contributed by atoms with Crippen molar-refractivity contribution >= 4 is 27.0 Å². The number of thiazole rings is 1. The van der Waals surface area contributed by atoms with E-state index in [2.05, 4.69) is 9.71 Å². The number of hydrogen-bond acceptors (Lipinski definition) is 5. The van der Waals surface area contributed by atoms with Gasteiger partial charge in [0.05, 0.1) is 17.7 Å². The SMILES string of the molecule is Nc1ccc(S(=O)(=O)NCc2cscn2)c(F)c1. The van der Waals surface area contributed by atoms with Gasteiger partial charge in [-0.1, -0.05) is 0 Å². The molecule has 0 bridgehead atoms. The second kappa shape index (κ2) is 5.01. The topological polar surface area (TPSA) is 85.1 Å². The summed E-state index contributed by atoms with van der Waals surface area (Å²) in [5, 5.41) is 1.71. The van der Waals surface area contributed by atoms with Crippen molar-refractivity contribution in [1.29, 1.82) is 0 Å². The number of nitrogens with zero attached hydrogens (tertiary/aromatic N) is 1. The fourth-order valence-corrected chi connectivity index (χ4v) is 2.92. The minimum Gasteiger partial charge on any atom is -0.399 e. The van der Waals surface area contributed by atoms with Crippen molar-refractivity contribution in [3.63, 3.8) is 0 Å². The van der Waals surface area contributed by atoms with Crippen LogP contribution in [0.25, 0.3) is 0 Å². The highest BCUT2D eigenvalue weighted by molar-refractivity contribution is 7.89. The maximum Gasteiger partial charge on any atom is 0.243 e. The number of anilines is 1. The summed E-state index contributed by atoms with van der Waals surface area (Å²) in [6.07, 6.45) is 0. The standard InChI is InChI=1S/C10H10FN3O2S2/c11-9-3-7(12)1-2-10(9)18(15,16)14-4-8-5-17-6-13-8/h1-3,5-6,14H,4,12H2. The van der Waals surface area contributed by atoms with Crippen molar-refractivity contribution in [1.82, 2.24) is 9.71 Å². The van der Waals surface area contributed by atoms with Gasteiger partial charge in [0.15, 0.2) is 0 Å². The van der Waals surface area contributed by atoms with Gasteiger partial charge in [-0.05, 0) is 18.2 Å². The third kappa shape index (κ3) is 2.84. The number of nitrogens with one attached hydrogen (secondary N) is 1. The number of hydrogen-bond donors (Lipinski definition) is 2. The van der Waals surface area contributed by atoms with Gasteiger partial charge in [-0.15, -0.1) is 11.3 Å². The molecule has 0 fully saturated rings. The highest BCUT2D eigenvalue weighted by Crippen LogP contribution is 2.17. The third-order valence-electron chi connectivity index (χ3n) is 2.17. The summed E-state index contributed by atoms with van der Waals surface area (Å²) in [4.78, 5) is 3.50. The van der Waals surface area contributed by atoms with Crippen LogP contribution >= 0.6 is 11.3 Å². The first-order chi connectivity index (χ1) is 8.49. The van der Waals surface area contributed by atoms with Crippen molar-refractivity contribution in [3.05, 3.63) is 40.6 Å². The maximum absolute atomic E-state index is 13.5. The van der Waals surface area contributed by atoms with E-state index in [1.54, 1.807) is 10.9 Å². The van der Waals surface area contributed by atoms with E-state index in [0.29, 0.717) is 5.69 Å². The van der Waals surface area contributed by atoms with Gasteiger partial charge in [-0.25, -0.2) is 22.5 Å². The zero-order valence-corrected chi connectivity index (χ0v) is 10.8. The second-order valence-corrected chi connectivity index (χ2v) is 5.95. The summed E-state index contributed by atoms with van der Waals surface area (Å²) in [6.45, 7) is 0.0235. The van der Waals surface area contributed by atoms with E-state index in [1.165, 1.54) is 17.4 Å². The predicted molar refractivity (Wildman–Crippen MR) is 67.0 cm³/mol. The lowest BCUT2D eigenvalue weighted by Crippen LogP contribution is -2.24. The third-order valence-corrected chi connectivity index (χ3v) is 4.24. The van der Waals surface area contributed by atoms with E-state index in [0.717, 1.165) is 12.1 Å². The quantitative estimate of drug-likeness (QED) is 0.831. The number of aromatic nitrogens is 1. The summed E-state index contributed by atoms with van der Waals surface area (Å²) in [6, 6.07) is 3.44. The van der Waals surface area contributed by atoms with E-state index in [4.69, 9.17) is 5.73 Å². The highest BCUT2D eigenvalue weighted by Gasteiger charge is 2.18. The van der Waals surface area contributed by atoms with Crippen LogP contribution in [-0.4, -0.2) is 13.4 Å². The lowest BCUT2D eigenvalue weighted by Gasteiger charge is -2.06. The number of halogens is 1. The number of nitrogen functional groups attached to an aromatic ring is 1. The van der Waals surface area contributed by atoms with E-state index < -0.39 is 20.7 Å². The Labute approximate surface area is 108 Å². The van der Waals surface area contributed by atoms with Crippen LogP contribution in [0, 0.1) is 5.82 Å². The molecule has 0 aliphatic rings. The van der Waals surface area contributed by atoms with Crippen LogP contribution in [0.15, 0.2) is 34.0 Å². The summed E-state index contributed by atoms with van der Waals surface area (Å²) in [5.74, 6) is -0.874. The summed E-state index contributed by atoms with van der Waals surface area (Å²) < 4.78 is 39.5. The molecule has 0 saturated carbocycles. The van der Waals surface area contributed by atoms with E-state index in [9.17, 15) is 12.8 Å². The van der Waals surface area contributed by atoms with Gasteiger partial charge in [0.1, 0.15) is 10.7 Å². The van der Waals surface area contributed by atoms with Crippen molar-refractivity contribution in [3.8, 4) is 0 Å². The van der Waals surface area contributed by atoms with Crippen LogP contribution in [0.4, 0.5) is 10.1 Å². The normalized spacial score (nSPS) is 11.6. The van der Waals surface area contributed by atoms with Gasteiger partial charge < -0.3 is 5.73 Å². The van der Waals surface area contributed by atoms with Gasteiger partial charge in [0.2, 0.25) is 10.0 Å². The first-order valence-electron chi connectivity index (χ1n) is 4.91. The average Bonchev–Trinajstić information content (AvgIpc) is 2.78. The Morgan fingerprint density at radius 2 is 2.22 bits per heavy atom. The first-order valence-corrected chi connectivity index (χ1v) is 7.33. The number of nitrogens with two attached hydrogens (primary N) is 1. The number of rotatable bonds is 4. The number of sulfonamides is 1. The molecule has 0 unspecified atom stereocenters. The molecule has 1 heterocycles. The molecule has 0 aliphatic heterocycles. The molecule has 2 aromatic rings. The molecular formula is C10H10FN3O2S2. The zero-order chi connectivity index (χ0) is 13.2. The van der Waals surface area contributed by atoms with Gasteiger partial charge >= 0.3 is 0 Å². The second-order valence-electron chi connectivity index (χ2n) is 3.49. The maximum atomic E-state index is 13.5. The predicted octanol–water partition coefficient (Wildman–Crippen LogP) is 1.34. The van der Waals surface area contributed by atoms with Crippen molar-refractivity contribution in [2.45, 2.75) is 11.4 Å². The Kier molecular flexibility index (Phi) is 3.60. The lowest BCUT2D eigenvalue weighted by atomic mass is 10.3. The minimum absolute atomic E-state index is 0.0235. The monoisotopic (exact) mass is 287 g/mol. The van der Waals surface area contributed by atoms with Crippen LogP contribution in [-0.2, 0) is 16.6 Å². The lowest BCUT2D eigenvalue weighted by molar-refractivity contribution is 0.556. The molecule has 0 amide bonds. The molecule has 0 spiro atoms. The molecule has 1 aromatic heterocycles. The number of benzene rings is 1. The largest absolute Gasteiger partial charge is 0.399 e. The van der Waals surface area contributed by atoms with Crippen LogP contribution in [0.1, 0.15) is 5.69 Å².